The van der Waals surface area contributed by atoms with Crippen LogP contribution in [0.25, 0.3) is 0 Å². The van der Waals surface area contributed by atoms with Crippen LogP contribution in [0.4, 0.5) is 0 Å². The van der Waals surface area contributed by atoms with E-state index in [0.29, 0.717) is 10.8 Å². The van der Waals surface area contributed by atoms with E-state index < -0.39 is 0 Å². The molecule has 1 heteroatoms. The molecule has 2 fully saturated rings. The van der Waals surface area contributed by atoms with E-state index in [9.17, 15) is 0 Å². The van der Waals surface area contributed by atoms with Crippen LogP contribution in [0.1, 0.15) is 53.9 Å². The van der Waals surface area contributed by atoms with Crippen LogP contribution >= 0.6 is 0 Å². The van der Waals surface area contributed by atoms with Gasteiger partial charge in [0.15, 0.2) is 0 Å². The summed E-state index contributed by atoms with van der Waals surface area (Å²) in [5, 5.41) is 3.85. The highest BCUT2D eigenvalue weighted by atomic mass is 15.0. The topological polar surface area (TPSA) is 12.0 Å². The van der Waals surface area contributed by atoms with Gasteiger partial charge >= 0.3 is 0 Å². The number of hydrogen-bond acceptors (Lipinski definition) is 1. The van der Waals surface area contributed by atoms with E-state index >= 15 is 0 Å². The Morgan fingerprint density at radius 1 is 1.00 bits per heavy atom. The monoisotopic (exact) mass is 195 g/mol. The molecule has 2 rings (SSSR count). The maximum absolute atomic E-state index is 3.85. The number of nitrogens with one attached hydrogen (secondary N) is 1. The highest BCUT2D eigenvalue weighted by Crippen LogP contribution is 2.48. The summed E-state index contributed by atoms with van der Waals surface area (Å²) in [4.78, 5) is 0. The fraction of sp³-hybridized carbons (Fsp3) is 1.00. The Hall–Kier alpha value is -0.0400. The summed E-state index contributed by atoms with van der Waals surface area (Å²) >= 11 is 0. The van der Waals surface area contributed by atoms with E-state index in [2.05, 4.69) is 39.9 Å². The van der Waals surface area contributed by atoms with Gasteiger partial charge in [-0.25, -0.2) is 0 Å². The predicted octanol–water partition coefficient (Wildman–Crippen LogP) is 3.20. The molecule has 0 spiro atoms. The van der Waals surface area contributed by atoms with Crippen LogP contribution in [0, 0.1) is 16.7 Å². The van der Waals surface area contributed by atoms with Crippen molar-refractivity contribution in [2.24, 2.45) is 16.7 Å². The van der Waals surface area contributed by atoms with E-state index in [1.807, 2.05) is 0 Å². The molecule has 0 aromatic heterocycles. The van der Waals surface area contributed by atoms with Crippen molar-refractivity contribution in [1.82, 2.24) is 5.32 Å². The maximum Gasteiger partial charge on any atom is 0.0127 e. The zero-order valence-electron chi connectivity index (χ0n) is 10.4. The largest absolute Gasteiger partial charge is 0.310 e. The van der Waals surface area contributed by atoms with Crippen molar-refractivity contribution < 1.29 is 0 Å². The molecule has 0 aromatic carbocycles. The van der Waals surface area contributed by atoms with E-state index in [1.54, 1.807) is 0 Å². The van der Waals surface area contributed by atoms with Gasteiger partial charge in [0.2, 0.25) is 0 Å². The van der Waals surface area contributed by atoms with Crippen LogP contribution < -0.4 is 5.32 Å². The summed E-state index contributed by atoms with van der Waals surface area (Å²) in [5.41, 5.74) is 1.14. The van der Waals surface area contributed by atoms with Crippen LogP contribution in [0.15, 0.2) is 0 Å². The summed E-state index contributed by atoms with van der Waals surface area (Å²) in [6.45, 7) is 12.0. The molecule has 0 aliphatic heterocycles. The summed E-state index contributed by atoms with van der Waals surface area (Å²) in [6.07, 6.45) is 4.12. The molecule has 0 bridgehead atoms. The van der Waals surface area contributed by atoms with Gasteiger partial charge in [-0.2, -0.15) is 0 Å². The van der Waals surface area contributed by atoms with Crippen molar-refractivity contribution in [2.45, 2.75) is 66.0 Å². The third-order valence-corrected chi connectivity index (χ3v) is 4.26. The lowest BCUT2D eigenvalue weighted by molar-refractivity contribution is 0.359. The minimum atomic E-state index is 0.566. The Morgan fingerprint density at radius 3 is 1.93 bits per heavy atom. The molecule has 3 unspecified atom stereocenters. The fourth-order valence-corrected chi connectivity index (χ4v) is 3.13. The van der Waals surface area contributed by atoms with E-state index in [1.165, 1.54) is 19.3 Å². The molecule has 0 aromatic rings. The van der Waals surface area contributed by atoms with Crippen LogP contribution in [0.3, 0.4) is 0 Å². The smallest absolute Gasteiger partial charge is 0.0127 e. The zero-order chi connectivity index (χ0) is 10.6. The maximum atomic E-state index is 3.85. The second-order valence-electron chi connectivity index (χ2n) is 7.07. The van der Waals surface area contributed by atoms with E-state index in [0.717, 1.165) is 18.0 Å². The van der Waals surface area contributed by atoms with Gasteiger partial charge in [-0.1, -0.05) is 34.6 Å². The normalized spacial score (nSPS) is 43.9. The SMILES string of the molecule is CC1CC(C)(C)CC1NC1CC1(C)C. The highest BCUT2D eigenvalue weighted by molar-refractivity contribution is 5.05. The summed E-state index contributed by atoms with van der Waals surface area (Å²) in [7, 11) is 0. The molecule has 2 aliphatic carbocycles. The van der Waals surface area contributed by atoms with Gasteiger partial charge in [0.25, 0.3) is 0 Å². The molecule has 1 N–H and O–H groups in total. The predicted molar refractivity (Wildman–Crippen MR) is 61.3 cm³/mol. The van der Waals surface area contributed by atoms with E-state index in [4.69, 9.17) is 0 Å². The van der Waals surface area contributed by atoms with Crippen molar-refractivity contribution in [3.05, 3.63) is 0 Å². The molecule has 1 nitrogen and oxygen atoms in total. The van der Waals surface area contributed by atoms with E-state index in [-0.39, 0.29) is 0 Å². The first-order valence-electron chi connectivity index (χ1n) is 6.06. The van der Waals surface area contributed by atoms with Crippen molar-refractivity contribution in [1.29, 1.82) is 0 Å². The van der Waals surface area contributed by atoms with Gasteiger partial charge < -0.3 is 5.32 Å². The number of rotatable bonds is 2. The fourth-order valence-electron chi connectivity index (χ4n) is 3.13. The Labute approximate surface area is 88.7 Å². The van der Waals surface area contributed by atoms with Crippen LogP contribution in [0.2, 0.25) is 0 Å². The molecule has 82 valence electrons. The van der Waals surface area contributed by atoms with Crippen molar-refractivity contribution in [2.75, 3.05) is 0 Å². The third-order valence-electron chi connectivity index (χ3n) is 4.26. The van der Waals surface area contributed by atoms with Gasteiger partial charge in [-0.05, 0) is 36.0 Å². The van der Waals surface area contributed by atoms with Crippen molar-refractivity contribution in [3.8, 4) is 0 Å². The lowest BCUT2D eigenvalue weighted by Crippen LogP contribution is -2.35. The number of hydrogen-bond donors (Lipinski definition) is 1. The minimum absolute atomic E-state index is 0.566. The Bertz CT molecular complexity index is 229. The van der Waals surface area contributed by atoms with Gasteiger partial charge in [0, 0.05) is 12.1 Å². The molecule has 0 saturated heterocycles. The average Bonchev–Trinajstić information content (AvgIpc) is 2.45. The van der Waals surface area contributed by atoms with Gasteiger partial charge in [-0.15, -0.1) is 0 Å². The Kier molecular flexibility index (Phi) is 2.23. The van der Waals surface area contributed by atoms with Crippen LogP contribution in [0.5, 0.6) is 0 Å². The first kappa shape index (κ1) is 10.5. The highest BCUT2D eigenvalue weighted by Gasteiger charge is 2.48. The molecule has 0 heterocycles. The second-order valence-corrected chi connectivity index (χ2v) is 7.07. The summed E-state index contributed by atoms with van der Waals surface area (Å²) in [6, 6.07) is 1.57. The second kappa shape index (κ2) is 2.98. The molecule has 2 aliphatic rings. The third kappa shape index (κ3) is 1.98. The van der Waals surface area contributed by atoms with Gasteiger partial charge in [-0.3, -0.25) is 0 Å². The van der Waals surface area contributed by atoms with Crippen LogP contribution in [-0.2, 0) is 0 Å². The summed E-state index contributed by atoms with van der Waals surface area (Å²) in [5.74, 6) is 0.862. The standard InChI is InChI=1S/C13H25N/c1-9-6-12(2,3)7-10(9)14-11-8-13(11,4)5/h9-11,14H,6-8H2,1-5H3. The molecule has 14 heavy (non-hydrogen) atoms. The zero-order valence-corrected chi connectivity index (χ0v) is 10.4. The molecular weight excluding hydrogens is 170 g/mol. The average molecular weight is 195 g/mol. The van der Waals surface area contributed by atoms with Crippen molar-refractivity contribution >= 4 is 0 Å². The van der Waals surface area contributed by atoms with Crippen LogP contribution in [-0.4, -0.2) is 12.1 Å². The molecule has 2 saturated carbocycles. The Balaban J connectivity index is 1.88. The lowest BCUT2D eigenvalue weighted by atomic mass is 9.91. The minimum Gasteiger partial charge on any atom is -0.310 e. The molecule has 3 atom stereocenters. The first-order valence-corrected chi connectivity index (χ1v) is 6.06. The lowest BCUT2D eigenvalue weighted by Gasteiger charge is -2.19. The van der Waals surface area contributed by atoms with Crippen molar-refractivity contribution in [3.63, 3.8) is 0 Å². The van der Waals surface area contributed by atoms with Gasteiger partial charge in [0.05, 0.1) is 0 Å². The summed E-state index contributed by atoms with van der Waals surface area (Å²) < 4.78 is 0. The molecule has 0 amide bonds. The quantitative estimate of drug-likeness (QED) is 0.713. The Morgan fingerprint density at radius 2 is 1.57 bits per heavy atom. The molecular formula is C13H25N. The molecule has 0 radical (unpaired) electrons. The first-order chi connectivity index (χ1) is 6.30. The van der Waals surface area contributed by atoms with Gasteiger partial charge in [0.1, 0.15) is 0 Å².